The smallest absolute Gasteiger partial charge is 0.494 e. The maximum absolute atomic E-state index is 13.1. The van der Waals surface area contributed by atoms with Gasteiger partial charge in [-0.05, 0) is 72.5 Å². The lowest BCUT2D eigenvalue weighted by atomic mass is 10.2. The van der Waals surface area contributed by atoms with Crippen molar-refractivity contribution in [3.8, 4) is 58.2 Å². The number of hydrogen-bond donors (Lipinski definition) is 2. The van der Waals surface area contributed by atoms with Crippen molar-refractivity contribution in [2.45, 2.75) is 12.7 Å². The van der Waals surface area contributed by atoms with Gasteiger partial charge in [0.15, 0.2) is 21.7 Å². The quantitative estimate of drug-likeness (QED) is 0.0462. The minimum absolute atomic E-state index is 0.0287. The van der Waals surface area contributed by atoms with E-state index in [-0.39, 0.29) is 67.2 Å². The number of nitrogens with zero attached hydrogens (tertiary/aromatic N) is 4. The summed E-state index contributed by atoms with van der Waals surface area (Å²) in [6, 6.07) is 17.4. The molecule has 0 aliphatic carbocycles. The van der Waals surface area contributed by atoms with Crippen LogP contribution in [0.5, 0.6) is 34.5 Å². The number of anilines is 4. The lowest BCUT2D eigenvalue weighted by Gasteiger charge is -2.19. The zero-order valence-corrected chi connectivity index (χ0v) is 36.4. The van der Waals surface area contributed by atoms with Gasteiger partial charge in [0, 0.05) is 34.0 Å². The van der Waals surface area contributed by atoms with E-state index in [1.165, 1.54) is 85.6 Å². The molecule has 6 aromatic rings. The van der Waals surface area contributed by atoms with Crippen LogP contribution in [-0.4, -0.2) is 53.7 Å². The Morgan fingerprint density at radius 1 is 0.578 bits per heavy atom. The number of aromatic nitrogens is 2. The zero-order chi connectivity index (χ0) is 46.2. The molecule has 334 valence electrons. The summed E-state index contributed by atoms with van der Waals surface area (Å²) in [5.41, 5.74) is 0.291. The van der Waals surface area contributed by atoms with Crippen molar-refractivity contribution in [3.63, 3.8) is 0 Å². The van der Waals surface area contributed by atoms with Crippen molar-refractivity contribution in [3.05, 3.63) is 117 Å². The second-order valence-corrected chi connectivity index (χ2v) is 16.3. The fourth-order valence-electron chi connectivity index (χ4n) is 5.23. The average Bonchev–Trinajstić information content (AvgIpc) is 3.89. The summed E-state index contributed by atoms with van der Waals surface area (Å²) in [5, 5.41) is 3.00. The first-order chi connectivity index (χ1) is 30.4. The maximum atomic E-state index is 13.1. The lowest BCUT2D eigenvalue weighted by molar-refractivity contribution is -0.275. The third kappa shape index (κ3) is 12.7. The highest BCUT2D eigenvalue weighted by Crippen LogP contribution is 2.42. The highest BCUT2D eigenvalue weighted by Gasteiger charge is 2.32. The monoisotopic (exact) mass is 986 g/mol. The van der Waals surface area contributed by atoms with Crippen LogP contribution in [0.2, 0.25) is 0 Å². The van der Waals surface area contributed by atoms with Crippen molar-refractivity contribution < 1.29 is 75.7 Å². The van der Waals surface area contributed by atoms with Gasteiger partial charge in [0.2, 0.25) is 21.8 Å². The van der Waals surface area contributed by atoms with E-state index >= 15 is 0 Å². The molecule has 0 aliphatic rings. The standard InChI is InChI=1S/C38H25F6N4O11PS4/c1-54-31-19-27(11-13-29(31)47(63(50)51)33-21-61-35(45-33)15-9-23-5-3-7-25(17-23)56-37(39,40)41)58-60(49)59-28-12-14-30(32(20-28)55-2)48(64(52)53)34-22-62-36(46-34)16-10-24-6-4-8-26(18-24)57-38(42,43)44/h3-8,11-14,17-22,60,63-64H,1-2H3. The van der Waals surface area contributed by atoms with E-state index in [0.717, 1.165) is 55.5 Å². The van der Waals surface area contributed by atoms with Crippen LogP contribution in [0, 0.1) is 23.7 Å². The fraction of sp³-hybridized carbons (Fsp3) is 0.105. The zero-order valence-electron chi connectivity index (χ0n) is 32.0. The molecule has 0 saturated carbocycles. The van der Waals surface area contributed by atoms with E-state index in [1.54, 1.807) is 0 Å². The molecule has 0 radical (unpaired) electrons. The number of thiazole rings is 2. The number of alkyl halides is 6. The van der Waals surface area contributed by atoms with Crippen LogP contribution in [0.4, 0.5) is 49.4 Å². The van der Waals surface area contributed by atoms with Crippen LogP contribution in [0.25, 0.3) is 0 Å². The summed E-state index contributed by atoms with van der Waals surface area (Å²) in [6.45, 7) is 0. The summed E-state index contributed by atoms with van der Waals surface area (Å²) in [4.78, 5) is 8.45. The lowest BCUT2D eigenvalue weighted by Crippen LogP contribution is -2.17. The number of halogens is 6. The molecule has 0 saturated heterocycles. The van der Waals surface area contributed by atoms with E-state index in [9.17, 15) is 47.7 Å². The number of hydrogen-bond acceptors (Lipinski definition) is 15. The molecular formula is C38H25F6N4O11PS4. The molecule has 0 fully saturated rings. The summed E-state index contributed by atoms with van der Waals surface area (Å²) < 4.78 is 170. The van der Waals surface area contributed by atoms with Crippen molar-refractivity contribution in [2.24, 2.45) is 0 Å². The summed E-state index contributed by atoms with van der Waals surface area (Å²) in [5.74, 6) is 9.23. The molecule has 64 heavy (non-hydrogen) atoms. The fourth-order valence-corrected chi connectivity index (χ4v) is 8.55. The van der Waals surface area contributed by atoms with Gasteiger partial charge in [-0.2, -0.15) is 0 Å². The van der Waals surface area contributed by atoms with Crippen molar-refractivity contribution in [2.75, 3.05) is 22.8 Å². The number of benzene rings is 4. The Balaban J connectivity index is 1.14. The molecule has 0 aliphatic heterocycles. The van der Waals surface area contributed by atoms with Gasteiger partial charge in [0.1, 0.15) is 45.9 Å². The highest BCUT2D eigenvalue weighted by molar-refractivity contribution is 7.74. The number of methoxy groups -OCH3 is 2. The average molecular weight is 987 g/mol. The summed E-state index contributed by atoms with van der Waals surface area (Å²) in [7, 11) is -7.74. The van der Waals surface area contributed by atoms with Gasteiger partial charge in [0.05, 0.1) is 14.2 Å². The number of ether oxygens (including phenoxy) is 4. The van der Waals surface area contributed by atoms with Crippen LogP contribution in [0.3, 0.4) is 0 Å². The number of rotatable bonds is 14. The van der Waals surface area contributed by atoms with Gasteiger partial charge in [-0.25, -0.2) is 40.0 Å². The molecule has 0 bridgehead atoms. The first-order valence-corrected chi connectivity index (χ1v) is 22.4. The van der Waals surface area contributed by atoms with Crippen LogP contribution in [-0.2, 0) is 26.3 Å². The Labute approximate surface area is 370 Å². The van der Waals surface area contributed by atoms with Crippen molar-refractivity contribution in [1.29, 1.82) is 0 Å². The van der Waals surface area contributed by atoms with Gasteiger partial charge < -0.3 is 28.0 Å². The molecule has 0 unspecified atom stereocenters. The Kier molecular flexibility index (Phi) is 14.8. The predicted octanol–water partition coefficient (Wildman–Crippen LogP) is 8.39. The topological polar surface area (TPSA) is 173 Å². The van der Waals surface area contributed by atoms with E-state index in [0.29, 0.717) is 0 Å². The summed E-state index contributed by atoms with van der Waals surface area (Å²) >= 11 is 1.91. The van der Waals surface area contributed by atoms with Gasteiger partial charge in [-0.3, -0.25) is 0 Å². The van der Waals surface area contributed by atoms with Crippen LogP contribution in [0.15, 0.2) is 95.7 Å². The van der Waals surface area contributed by atoms with Gasteiger partial charge >= 0.3 is 21.0 Å². The van der Waals surface area contributed by atoms with Crippen molar-refractivity contribution in [1.82, 2.24) is 9.97 Å². The molecule has 15 nitrogen and oxygen atoms in total. The van der Waals surface area contributed by atoms with E-state index < -0.39 is 54.3 Å². The van der Waals surface area contributed by atoms with E-state index in [2.05, 4.69) is 43.1 Å². The van der Waals surface area contributed by atoms with Crippen LogP contribution in [0.1, 0.15) is 21.1 Å². The van der Waals surface area contributed by atoms with Gasteiger partial charge in [0.25, 0.3) is 0 Å². The summed E-state index contributed by atoms with van der Waals surface area (Å²) in [6.07, 6.45) is -9.79. The van der Waals surface area contributed by atoms with E-state index in [1.807, 2.05) is 0 Å². The number of thiol groups is 2. The molecule has 0 spiro atoms. The second kappa shape index (κ2) is 20.3. The Morgan fingerprint density at radius 2 is 0.984 bits per heavy atom. The first-order valence-electron chi connectivity index (χ1n) is 17.2. The predicted molar refractivity (Wildman–Crippen MR) is 224 cm³/mol. The largest absolute Gasteiger partial charge is 0.573 e. The highest BCUT2D eigenvalue weighted by atomic mass is 32.2. The molecular weight excluding hydrogens is 962 g/mol. The molecule has 0 atom stereocenters. The Morgan fingerprint density at radius 3 is 1.34 bits per heavy atom. The SMILES string of the molecule is COc1cc(O[PH](=O)Oc2ccc(N(c3csc(C#Cc4cccc(OC(F)(F)F)c4)n3)[SH](=O)=O)c(OC)c2)ccc1N(c1csc(C#Cc2cccc(OC(F)(F)F)c2)n1)[SH](=O)=O. The molecule has 6 rings (SSSR count). The minimum atomic E-state index is -4.90. The molecule has 4 aromatic carbocycles. The van der Waals surface area contributed by atoms with E-state index in [4.69, 9.17) is 18.5 Å². The minimum Gasteiger partial charge on any atom is -0.494 e. The third-order valence-electron chi connectivity index (χ3n) is 7.67. The van der Waals surface area contributed by atoms with Crippen LogP contribution >= 0.6 is 30.9 Å². The first kappa shape index (κ1) is 46.9. The van der Waals surface area contributed by atoms with Gasteiger partial charge in [-0.1, -0.05) is 24.0 Å². The van der Waals surface area contributed by atoms with Crippen molar-refractivity contribution >= 4 is 75.7 Å². The molecule has 2 heterocycles. The third-order valence-corrected chi connectivity index (χ3v) is 11.5. The van der Waals surface area contributed by atoms with Gasteiger partial charge in [-0.15, -0.1) is 49.0 Å². The molecule has 0 N–H and O–H groups in total. The maximum Gasteiger partial charge on any atom is 0.573 e. The van der Waals surface area contributed by atoms with Crippen LogP contribution < -0.4 is 36.6 Å². The normalized spacial score (nSPS) is 11.3. The molecule has 2 aromatic heterocycles. The molecule has 26 heteroatoms. The Hall–Kier alpha value is -6.63. The molecule has 0 amide bonds. The Bertz CT molecular complexity index is 2780. The second-order valence-electron chi connectivity index (χ2n) is 11.9.